The standard InChI is InChI=1S/C17H17ClFN/c18-16-7-3-5-12(17(16)19)9-14(20)10-13-8-11-4-1-2-6-15(11)13/h1-7,13-14H,8-10,20H2. The van der Waals surface area contributed by atoms with Gasteiger partial charge in [0.05, 0.1) is 5.02 Å². The topological polar surface area (TPSA) is 26.0 Å². The highest BCUT2D eigenvalue weighted by molar-refractivity contribution is 6.30. The Bertz CT molecular complexity index is 626. The average molecular weight is 290 g/mol. The third kappa shape index (κ3) is 2.58. The van der Waals surface area contributed by atoms with E-state index in [2.05, 4.69) is 24.3 Å². The van der Waals surface area contributed by atoms with Crippen molar-refractivity contribution in [1.29, 1.82) is 0 Å². The molecule has 0 radical (unpaired) electrons. The Labute approximate surface area is 123 Å². The Hall–Kier alpha value is -1.38. The van der Waals surface area contributed by atoms with Gasteiger partial charge in [-0.3, -0.25) is 0 Å². The summed E-state index contributed by atoms with van der Waals surface area (Å²) in [5, 5.41) is 0.170. The minimum atomic E-state index is -0.335. The zero-order chi connectivity index (χ0) is 14.1. The molecule has 3 rings (SSSR count). The molecule has 0 amide bonds. The molecule has 2 unspecified atom stereocenters. The maximum absolute atomic E-state index is 13.8. The van der Waals surface area contributed by atoms with Crippen LogP contribution in [0.1, 0.15) is 29.0 Å². The van der Waals surface area contributed by atoms with Crippen molar-refractivity contribution >= 4 is 11.6 Å². The lowest BCUT2D eigenvalue weighted by atomic mass is 9.74. The number of rotatable bonds is 4. The lowest BCUT2D eigenvalue weighted by molar-refractivity contribution is 0.478. The van der Waals surface area contributed by atoms with Gasteiger partial charge < -0.3 is 5.73 Å². The van der Waals surface area contributed by atoms with Gasteiger partial charge in [0, 0.05) is 6.04 Å². The van der Waals surface area contributed by atoms with E-state index in [9.17, 15) is 4.39 Å². The summed E-state index contributed by atoms with van der Waals surface area (Å²) in [4.78, 5) is 0. The quantitative estimate of drug-likeness (QED) is 0.902. The Morgan fingerprint density at radius 3 is 2.80 bits per heavy atom. The van der Waals surface area contributed by atoms with E-state index in [1.807, 2.05) is 0 Å². The van der Waals surface area contributed by atoms with Crippen molar-refractivity contribution in [1.82, 2.24) is 0 Å². The van der Waals surface area contributed by atoms with Gasteiger partial charge in [-0.05, 0) is 47.9 Å². The van der Waals surface area contributed by atoms with E-state index in [1.165, 1.54) is 11.1 Å². The zero-order valence-electron chi connectivity index (χ0n) is 11.2. The van der Waals surface area contributed by atoms with Gasteiger partial charge in [0.25, 0.3) is 0 Å². The van der Waals surface area contributed by atoms with E-state index in [-0.39, 0.29) is 16.9 Å². The molecular formula is C17H17ClFN. The zero-order valence-corrected chi connectivity index (χ0v) is 11.9. The molecule has 0 aliphatic heterocycles. The van der Waals surface area contributed by atoms with Gasteiger partial charge in [-0.15, -0.1) is 0 Å². The van der Waals surface area contributed by atoms with Crippen LogP contribution in [0.4, 0.5) is 4.39 Å². The van der Waals surface area contributed by atoms with E-state index in [0.717, 1.165) is 12.8 Å². The molecule has 1 aliphatic rings. The van der Waals surface area contributed by atoms with E-state index < -0.39 is 0 Å². The number of benzene rings is 2. The smallest absolute Gasteiger partial charge is 0.145 e. The SMILES string of the molecule is NC(Cc1cccc(Cl)c1F)CC1Cc2ccccc21. The van der Waals surface area contributed by atoms with Crippen LogP contribution >= 0.6 is 11.6 Å². The fraction of sp³-hybridized carbons (Fsp3) is 0.294. The summed E-state index contributed by atoms with van der Waals surface area (Å²) in [7, 11) is 0. The molecule has 104 valence electrons. The van der Waals surface area contributed by atoms with Crippen LogP contribution in [-0.2, 0) is 12.8 Å². The normalized spacial score (nSPS) is 18.2. The van der Waals surface area contributed by atoms with Gasteiger partial charge in [0.1, 0.15) is 5.82 Å². The fourth-order valence-corrected chi connectivity index (χ4v) is 3.20. The second-order valence-corrected chi connectivity index (χ2v) is 5.92. The second kappa shape index (κ2) is 5.55. The van der Waals surface area contributed by atoms with Crippen molar-refractivity contribution in [3.05, 3.63) is 70.0 Å². The molecule has 0 aromatic heterocycles. The summed E-state index contributed by atoms with van der Waals surface area (Å²) in [6, 6.07) is 13.5. The molecule has 2 aromatic carbocycles. The van der Waals surface area contributed by atoms with E-state index >= 15 is 0 Å². The van der Waals surface area contributed by atoms with E-state index in [0.29, 0.717) is 17.9 Å². The van der Waals surface area contributed by atoms with Gasteiger partial charge >= 0.3 is 0 Å². The maximum atomic E-state index is 13.8. The molecule has 3 heteroatoms. The molecule has 1 nitrogen and oxygen atoms in total. The molecule has 0 fully saturated rings. The van der Waals surface area contributed by atoms with Crippen LogP contribution < -0.4 is 5.73 Å². The monoisotopic (exact) mass is 289 g/mol. The highest BCUT2D eigenvalue weighted by atomic mass is 35.5. The molecule has 0 spiro atoms. The van der Waals surface area contributed by atoms with Gasteiger partial charge in [-0.1, -0.05) is 48.0 Å². The van der Waals surface area contributed by atoms with Crippen molar-refractivity contribution in [2.75, 3.05) is 0 Å². The van der Waals surface area contributed by atoms with Crippen molar-refractivity contribution in [2.24, 2.45) is 5.73 Å². The largest absolute Gasteiger partial charge is 0.327 e. The highest BCUT2D eigenvalue weighted by Crippen LogP contribution is 2.38. The van der Waals surface area contributed by atoms with Crippen LogP contribution in [0.3, 0.4) is 0 Å². The molecular weight excluding hydrogens is 273 g/mol. The first kappa shape index (κ1) is 13.6. The summed E-state index contributed by atoms with van der Waals surface area (Å²) < 4.78 is 13.8. The Morgan fingerprint density at radius 1 is 1.20 bits per heavy atom. The van der Waals surface area contributed by atoms with Crippen LogP contribution in [0, 0.1) is 5.82 Å². The Kier molecular flexibility index (Phi) is 3.77. The first-order chi connectivity index (χ1) is 9.65. The number of nitrogens with two attached hydrogens (primary N) is 1. The van der Waals surface area contributed by atoms with Crippen LogP contribution in [0.2, 0.25) is 5.02 Å². The van der Waals surface area contributed by atoms with Gasteiger partial charge in [-0.25, -0.2) is 4.39 Å². The molecule has 0 heterocycles. The molecule has 0 saturated carbocycles. The van der Waals surface area contributed by atoms with Crippen molar-refractivity contribution in [3.63, 3.8) is 0 Å². The van der Waals surface area contributed by atoms with Gasteiger partial charge in [0.2, 0.25) is 0 Å². The summed E-state index contributed by atoms with van der Waals surface area (Å²) in [5.41, 5.74) is 9.60. The lowest BCUT2D eigenvalue weighted by Crippen LogP contribution is -2.30. The minimum Gasteiger partial charge on any atom is -0.327 e. The summed E-state index contributed by atoms with van der Waals surface area (Å²) in [6.07, 6.45) is 2.51. The number of hydrogen-bond donors (Lipinski definition) is 1. The third-order valence-electron chi connectivity index (χ3n) is 4.06. The molecule has 2 aromatic rings. The Balaban J connectivity index is 1.64. The van der Waals surface area contributed by atoms with Crippen molar-refractivity contribution in [2.45, 2.75) is 31.2 Å². The van der Waals surface area contributed by atoms with Crippen LogP contribution in [0.5, 0.6) is 0 Å². The number of hydrogen-bond acceptors (Lipinski definition) is 1. The van der Waals surface area contributed by atoms with Crippen LogP contribution in [-0.4, -0.2) is 6.04 Å². The first-order valence-electron chi connectivity index (χ1n) is 6.91. The minimum absolute atomic E-state index is 0.0404. The average Bonchev–Trinajstić information content (AvgIpc) is 2.41. The molecule has 1 aliphatic carbocycles. The predicted molar refractivity (Wildman–Crippen MR) is 80.6 cm³/mol. The van der Waals surface area contributed by atoms with Gasteiger partial charge in [-0.2, -0.15) is 0 Å². The summed E-state index contributed by atoms with van der Waals surface area (Å²) in [6.45, 7) is 0. The van der Waals surface area contributed by atoms with Gasteiger partial charge in [0.15, 0.2) is 0 Å². The highest BCUT2D eigenvalue weighted by Gasteiger charge is 2.27. The van der Waals surface area contributed by atoms with Crippen molar-refractivity contribution in [3.8, 4) is 0 Å². The fourth-order valence-electron chi connectivity index (χ4n) is 3.01. The molecule has 20 heavy (non-hydrogen) atoms. The summed E-state index contributed by atoms with van der Waals surface area (Å²) in [5.74, 6) is 0.182. The predicted octanol–water partition coefficient (Wildman–Crippen LogP) is 4.08. The number of halogens is 2. The van der Waals surface area contributed by atoms with E-state index in [1.54, 1.807) is 18.2 Å². The molecule has 0 bridgehead atoms. The molecule has 0 saturated heterocycles. The van der Waals surface area contributed by atoms with Crippen molar-refractivity contribution < 1.29 is 4.39 Å². The van der Waals surface area contributed by atoms with Crippen LogP contribution in [0.15, 0.2) is 42.5 Å². The first-order valence-corrected chi connectivity index (χ1v) is 7.29. The lowest BCUT2D eigenvalue weighted by Gasteiger charge is -2.32. The summed E-state index contributed by atoms with van der Waals surface area (Å²) >= 11 is 5.79. The van der Waals surface area contributed by atoms with Crippen LogP contribution in [0.25, 0.3) is 0 Å². The molecule has 2 N–H and O–H groups in total. The second-order valence-electron chi connectivity index (χ2n) is 5.51. The molecule has 2 atom stereocenters. The maximum Gasteiger partial charge on any atom is 0.145 e. The van der Waals surface area contributed by atoms with E-state index in [4.69, 9.17) is 17.3 Å². The third-order valence-corrected chi connectivity index (χ3v) is 4.35. The number of fused-ring (bicyclic) bond motifs is 1. The Morgan fingerprint density at radius 2 is 2.00 bits per heavy atom.